The third-order valence-corrected chi connectivity index (χ3v) is 1.92. The van der Waals surface area contributed by atoms with Crippen molar-refractivity contribution in [2.75, 3.05) is 0 Å². The summed E-state index contributed by atoms with van der Waals surface area (Å²) in [7, 11) is 0. The van der Waals surface area contributed by atoms with Gasteiger partial charge in [0, 0.05) is 6.54 Å². The molecule has 80 valence electrons. The molecule has 0 aliphatic heterocycles. The van der Waals surface area contributed by atoms with E-state index >= 15 is 0 Å². The Morgan fingerprint density at radius 1 is 1.53 bits per heavy atom. The largest absolute Gasteiger partial charge is 0.481 e. The first-order valence-corrected chi connectivity index (χ1v) is 4.50. The van der Waals surface area contributed by atoms with Crippen LogP contribution in [0.15, 0.2) is 24.3 Å². The van der Waals surface area contributed by atoms with Crippen LogP contribution in [0.5, 0.6) is 0 Å². The Kier molecular flexibility index (Phi) is 4.00. The Morgan fingerprint density at radius 3 is 2.87 bits per heavy atom. The number of carbonyl (C=O) groups is 1. The molecule has 0 unspecified atom stereocenters. The molecule has 0 aliphatic rings. The van der Waals surface area contributed by atoms with Crippen LogP contribution in [-0.4, -0.2) is 11.1 Å². The van der Waals surface area contributed by atoms with Crippen LogP contribution in [0.4, 0.5) is 4.39 Å². The predicted octanol–water partition coefficient (Wildman–Crippen LogP) is 1.77. The summed E-state index contributed by atoms with van der Waals surface area (Å²) in [6.45, 7) is 0.299. The molecule has 1 aromatic rings. The Hall–Kier alpha value is -1.68. The maximum absolute atomic E-state index is 12.9. The van der Waals surface area contributed by atoms with Crippen LogP contribution in [0, 0.1) is 5.82 Å². The second kappa shape index (κ2) is 5.26. The van der Waals surface area contributed by atoms with Gasteiger partial charge in [-0.15, -0.1) is 0 Å². The van der Waals surface area contributed by atoms with E-state index in [2.05, 4.69) is 0 Å². The van der Waals surface area contributed by atoms with Gasteiger partial charge >= 0.3 is 5.97 Å². The zero-order valence-corrected chi connectivity index (χ0v) is 8.11. The number of carboxylic acids is 1. The Labute approximate surface area is 87.0 Å². The molecule has 0 amide bonds. The molecule has 0 spiro atoms. The number of rotatable bonds is 4. The van der Waals surface area contributed by atoms with Gasteiger partial charge in [0.2, 0.25) is 0 Å². The van der Waals surface area contributed by atoms with E-state index in [9.17, 15) is 9.18 Å². The predicted molar refractivity (Wildman–Crippen MR) is 55.6 cm³/mol. The number of aliphatic carboxylic acids is 1. The monoisotopic (exact) mass is 209 g/mol. The second-order valence-corrected chi connectivity index (χ2v) is 3.05. The molecule has 0 radical (unpaired) electrons. The zero-order chi connectivity index (χ0) is 11.3. The van der Waals surface area contributed by atoms with Crippen LogP contribution in [0.25, 0.3) is 6.08 Å². The molecule has 4 heteroatoms. The van der Waals surface area contributed by atoms with Crippen LogP contribution in [0.3, 0.4) is 0 Å². The molecule has 0 fully saturated rings. The average Bonchev–Trinajstić information content (AvgIpc) is 2.17. The number of carboxylic acid groups (broad SMARTS) is 1. The molecule has 1 rings (SSSR count). The summed E-state index contributed by atoms with van der Waals surface area (Å²) in [5, 5.41) is 8.42. The molecule has 15 heavy (non-hydrogen) atoms. The topological polar surface area (TPSA) is 63.3 Å². The molecule has 0 atom stereocenters. The summed E-state index contributed by atoms with van der Waals surface area (Å²) in [5.41, 5.74) is 6.87. The zero-order valence-electron chi connectivity index (χ0n) is 8.11. The number of hydrogen-bond donors (Lipinski definition) is 2. The molecule has 0 saturated carbocycles. The third kappa shape index (κ3) is 3.52. The van der Waals surface area contributed by atoms with Gasteiger partial charge in [0.25, 0.3) is 0 Å². The van der Waals surface area contributed by atoms with Crippen molar-refractivity contribution >= 4 is 12.0 Å². The fourth-order valence-corrected chi connectivity index (χ4v) is 1.19. The minimum atomic E-state index is -0.919. The van der Waals surface area contributed by atoms with E-state index in [1.165, 1.54) is 18.2 Å². The molecule has 3 nitrogen and oxygen atoms in total. The van der Waals surface area contributed by atoms with Crippen molar-refractivity contribution in [1.82, 2.24) is 0 Å². The normalized spacial score (nSPS) is 10.8. The van der Waals surface area contributed by atoms with Crippen LogP contribution < -0.4 is 5.73 Å². The number of benzene rings is 1. The lowest BCUT2D eigenvalue weighted by molar-refractivity contribution is -0.135. The van der Waals surface area contributed by atoms with Gasteiger partial charge < -0.3 is 10.8 Å². The summed E-state index contributed by atoms with van der Waals surface area (Å²) < 4.78 is 12.9. The first-order chi connectivity index (χ1) is 7.13. The van der Waals surface area contributed by atoms with Gasteiger partial charge in [-0.05, 0) is 23.3 Å². The van der Waals surface area contributed by atoms with Gasteiger partial charge in [-0.1, -0.05) is 18.2 Å². The molecule has 3 N–H and O–H groups in total. The van der Waals surface area contributed by atoms with Crippen LogP contribution in [0.2, 0.25) is 0 Å². The van der Waals surface area contributed by atoms with Gasteiger partial charge in [0.1, 0.15) is 5.82 Å². The highest BCUT2D eigenvalue weighted by Gasteiger charge is 1.99. The second-order valence-electron chi connectivity index (χ2n) is 3.05. The third-order valence-electron chi connectivity index (χ3n) is 1.92. The maximum atomic E-state index is 12.9. The molecule has 0 heterocycles. The Bertz CT molecular complexity index is 388. The Balaban J connectivity index is 2.87. The van der Waals surface area contributed by atoms with Gasteiger partial charge in [0.15, 0.2) is 0 Å². The number of nitrogens with two attached hydrogens (primary N) is 1. The quantitative estimate of drug-likeness (QED) is 0.794. The number of halogens is 1. The van der Waals surface area contributed by atoms with Crippen LogP contribution >= 0.6 is 0 Å². The molecule has 0 saturated heterocycles. The van der Waals surface area contributed by atoms with E-state index < -0.39 is 5.97 Å². The SMILES string of the molecule is NCc1ccc(F)cc1C=CCC(=O)O. The summed E-state index contributed by atoms with van der Waals surface area (Å²) in [6.07, 6.45) is 2.95. The maximum Gasteiger partial charge on any atom is 0.307 e. The van der Waals surface area contributed by atoms with Gasteiger partial charge in [-0.25, -0.2) is 4.39 Å². The molecular weight excluding hydrogens is 197 g/mol. The average molecular weight is 209 g/mol. The van der Waals surface area contributed by atoms with E-state index in [0.717, 1.165) is 5.56 Å². The van der Waals surface area contributed by atoms with E-state index in [0.29, 0.717) is 12.1 Å². The first kappa shape index (κ1) is 11.4. The van der Waals surface area contributed by atoms with Crippen molar-refractivity contribution in [3.63, 3.8) is 0 Å². The minimum Gasteiger partial charge on any atom is -0.481 e. The lowest BCUT2D eigenvalue weighted by Crippen LogP contribution is -1.99. The van der Waals surface area contributed by atoms with Gasteiger partial charge in [-0.3, -0.25) is 4.79 Å². The minimum absolute atomic E-state index is 0.0828. The van der Waals surface area contributed by atoms with Crippen molar-refractivity contribution in [3.05, 3.63) is 41.2 Å². The van der Waals surface area contributed by atoms with Crippen LogP contribution in [0.1, 0.15) is 17.5 Å². The van der Waals surface area contributed by atoms with Crippen molar-refractivity contribution in [2.24, 2.45) is 5.73 Å². The standard InChI is InChI=1S/C11H12FNO2/c12-10-5-4-9(7-13)8(6-10)2-1-3-11(14)15/h1-2,4-6H,3,7,13H2,(H,14,15). The Morgan fingerprint density at radius 2 is 2.27 bits per heavy atom. The van der Waals surface area contributed by atoms with Crippen molar-refractivity contribution in [1.29, 1.82) is 0 Å². The highest BCUT2D eigenvalue weighted by Crippen LogP contribution is 2.12. The van der Waals surface area contributed by atoms with Crippen LogP contribution in [-0.2, 0) is 11.3 Å². The molecule has 0 aliphatic carbocycles. The lowest BCUT2D eigenvalue weighted by atomic mass is 10.1. The van der Waals surface area contributed by atoms with Gasteiger partial charge in [-0.2, -0.15) is 0 Å². The van der Waals surface area contributed by atoms with E-state index in [1.807, 2.05) is 0 Å². The summed E-state index contributed by atoms with van der Waals surface area (Å²) >= 11 is 0. The lowest BCUT2D eigenvalue weighted by Gasteiger charge is -2.02. The molecule has 0 bridgehead atoms. The van der Waals surface area contributed by atoms with Gasteiger partial charge in [0.05, 0.1) is 6.42 Å². The summed E-state index contributed by atoms with van der Waals surface area (Å²) in [4.78, 5) is 10.3. The highest BCUT2D eigenvalue weighted by molar-refractivity contribution is 5.70. The highest BCUT2D eigenvalue weighted by atomic mass is 19.1. The van der Waals surface area contributed by atoms with E-state index in [1.54, 1.807) is 12.1 Å². The first-order valence-electron chi connectivity index (χ1n) is 4.50. The van der Waals surface area contributed by atoms with Crippen molar-refractivity contribution in [2.45, 2.75) is 13.0 Å². The molecule has 1 aromatic carbocycles. The van der Waals surface area contributed by atoms with E-state index in [4.69, 9.17) is 10.8 Å². The molecular formula is C11H12FNO2. The fraction of sp³-hybridized carbons (Fsp3) is 0.182. The van der Waals surface area contributed by atoms with Crippen molar-refractivity contribution in [3.8, 4) is 0 Å². The number of hydrogen-bond acceptors (Lipinski definition) is 2. The summed E-state index contributed by atoms with van der Waals surface area (Å²) in [6, 6.07) is 4.26. The van der Waals surface area contributed by atoms with E-state index in [-0.39, 0.29) is 12.2 Å². The fourth-order valence-electron chi connectivity index (χ4n) is 1.19. The summed E-state index contributed by atoms with van der Waals surface area (Å²) in [5.74, 6) is -1.28. The molecule has 0 aromatic heterocycles. The smallest absolute Gasteiger partial charge is 0.307 e. The van der Waals surface area contributed by atoms with Crippen molar-refractivity contribution < 1.29 is 14.3 Å².